The van der Waals surface area contributed by atoms with Crippen LogP contribution in [0.3, 0.4) is 0 Å². The minimum absolute atomic E-state index is 0.0203. The molecule has 8 aromatic rings. The van der Waals surface area contributed by atoms with Crippen molar-refractivity contribution < 1.29 is 0 Å². The lowest BCUT2D eigenvalue weighted by Crippen LogP contribution is -2.13. The van der Waals surface area contributed by atoms with Crippen molar-refractivity contribution in [1.82, 2.24) is 0 Å². The quantitative estimate of drug-likeness (QED) is 0.150. The Balaban J connectivity index is 1.63. The third-order valence-corrected chi connectivity index (χ3v) is 9.52. The second-order valence-electron chi connectivity index (χ2n) is 11.7. The molecule has 0 aliphatic rings. The van der Waals surface area contributed by atoms with Gasteiger partial charge in [-0.3, -0.25) is 0 Å². The van der Waals surface area contributed by atoms with Gasteiger partial charge in [-0.25, -0.2) is 0 Å². The summed E-state index contributed by atoms with van der Waals surface area (Å²) in [6.45, 7) is 7.01. The van der Waals surface area contributed by atoms with Crippen LogP contribution >= 0.6 is 11.3 Å². The molecule has 0 saturated carbocycles. The first-order valence-corrected chi connectivity index (χ1v) is 14.5. The molecule has 7 aromatic carbocycles. The first-order valence-electron chi connectivity index (χ1n) is 13.7. The van der Waals surface area contributed by atoms with E-state index >= 15 is 0 Å². The van der Waals surface area contributed by atoms with Crippen molar-refractivity contribution in [2.45, 2.75) is 26.2 Å². The zero-order valence-corrected chi connectivity index (χ0v) is 23.2. The Morgan fingerprint density at radius 2 is 1.03 bits per heavy atom. The van der Waals surface area contributed by atoms with Crippen LogP contribution in [-0.4, -0.2) is 0 Å². The van der Waals surface area contributed by atoms with Crippen molar-refractivity contribution >= 4 is 74.6 Å². The van der Waals surface area contributed by atoms with Gasteiger partial charge < -0.3 is 0 Å². The lowest BCUT2D eigenvalue weighted by molar-refractivity contribution is 0.601. The smallest absolute Gasteiger partial charge is 0.0440 e. The summed E-state index contributed by atoms with van der Waals surface area (Å²) in [7, 11) is 0. The fraction of sp³-hybridized carbons (Fsp3) is 0.105. The topological polar surface area (TPSA) is 0 Å². The molecule has 0 N–H and O–H groups in total. The van der Waals surface area contributed by atoms with E-state index in [1.165, 1.54) is 80.0 Å². The van der Waals surface area contributed by atoms with E-state index in [4.69, 9.17) is 0 Å². The summed E-state index contributed by atoms with van der Waals surface area (Å²) in [6, 6.07) is 43.0. The predicted molar refractivity (Wildman–Crippen MR) is 173 cm³/mol. The standard InChI is InChI=1S/C38H28S/c1-38(2,3)36-29-17-8-6-15-26(29)34(27-16-7-9-18-30(27)36)32-22-23-12-4-5-13-24(23)35-28(32)20-21-31-25-14-10-11-19-33(25)39-37(31)35/h4-22H,1-3H3. The fourth-order valence-electron chi connectivity index (χ4n) is 6.80. The molecular weight excluding hydrogens is 488 g/mol. The van der Waals surface area contributed by atoms with Crippen molar-refractivity contribution in [2.75, 3.05) is 0 Å². The summed E-state index contributed by atoms with van der Waals surface area (Å²) < 4.78 is 2.73. The van der Waals surface area contributed by atoms with E-state index in [1.807, 2.05) is 11.3 Å². The number of benzene rings is 7. The van der Waals surface area contributed by atoms with E-state index in [1.54, 1.807) is 0 Å². The highest BCUT2D eigenvalue weighted by molar-refractivity contribution is 7.26. The van der Waals surface area contributed by atoms with E-state index < -0.39 is 0 Å². The third-order valence-electron chi connectivity index (χ3n) is 8.32. The second kappa shape index (κ2) is 8.15. The average molecular weight is 517 g/mol. The zero-order valence-electron chi connectivity index (χ0n) is 22.4. The Bertz CT molecular complexity index is 2200. The Labute approximate surface area is 232 Å². The Hall–Kier alpha value is -4.20. The molecule has 1 heterocycles. The van der Waals surface area contributed by atoms with Gasteiger partial charge in [-0.2, -0.15) is 0 Å². The molecule has 0 fully saturated rings. The van der Waals surface area contributed by atoms with Crippen molar-refractivity contribution in [3.63, 3.8) is 0 Å². The second-order valence-corrected chi connectivity index (χ2v) is 12.8. The van der Waals surface area contributed by atoms with E-state index in [9.17, 15) is 0 Å². The molecule has 0 atom stereocenters. The average Bonchev–Trinajstić information content (AvgIpc) is 3.33. The van der Waals surface area contributed by atoms with Crippen molar-refractivity contribution in [3.05, 3.63) is 121 Å². The van der Waals surface area contributed by atoms with Gasteiger partial charge in [-0.1, -0.05) is 124 Å². The first kappa shape index (κ1) is 22.8. The predicted octanol–water partition coefficient (Wildman–Crippen LogP) is 11.6. The molecule has 0 bridgehead atoms. The maximum absolute atomic E-state index is 2.43. The monoisotopic (exact) mass is 516 g/mol. The van der Waals surface area contributed by atoms with Crippen LogP contribution in [0.2, 0.25) is 0 Å². The number of thiophene rings is 1. The Morgan fingerprint density at radius 1 is 0.487 bits per heavy atom. The number of rotatable bonds is 1. The van der Waals surface area contributed by atoms with Crippen molar-refractivity contribution in [1.29, 1.82) is 0 Å². The largest absolute Gasteiger partial charge is 0.135 e. The molecule has 0 amide bonds. The molecule has 0 nitrogen and oxygen atoms in total. The molecule has 0 unspecified atom stereocenters. The van der Waals surface area contributed by atoms with E-state index in [2.05, 4.69) is 136 Å². The Kier molecular flexibility index (Phi) is 4.75. The van der Waals surface area contributed by atoms with Crippen LogP contribution < -0.4 is 0 Å². The summed E-state index contributed by atoms with van der Waals surface area (Å²) in [5, 5.41) is 13.4. The van der Waals surface area contributed by atoms with Crippen LogP contribution in [0, 0.1) is 0 Å². The SMILES string of the molecule is CC(C)(C)c1c2ccccc2c(-c2cc3ccccc3c3c2ccc2c4ccccc4sc23)c2ccccc12. The van der Waals surface area contributed by atoms with Crippen molar-refractivity contribution in [2.24, 2.45) is 0 Å². The van der Waals surface area contributed by atoms with Crippen molar-refractivity contribution in [3.8, 4) is 11.1 Å². The van der Waals surface area contributed by atoms with Gasteiger partial charge >= 0.3 is 0 Å². The van der Waals surface area contributed by atoms with Gasteiger partial charge in [-0.15, -0.1) is 11.3 Å². The van der Waals surface area contributed by atoms with Gasteiger partial charge in [0.05, 0.1) is 0 Å². The molecule has 0 spiro atoms. The normalized spacial score (nSPS) is 12.5. The van der Waals surface area contributed by atoms with E-state index in [0.717, 1.165) is 0 Å². The lowest BCUT2D eigenvalue weighted by Gasteiger charge is -2.26. The highest BCUT2D eigenvalue weighted by Gasteiger charge is 2.24. The zero-order chi connectivity index (χ0) is 26.3. The molecular formula is C38H28S. The first-order chi connectivity index (χ1) is 19.0. The van der Waals surface area contributed by atoms with Crippen LogP contribution in [0.15, 0.2) is 115 Å². The van der Waals surface area contributed by atoms with Gasteiger partial charge in [0.1, 0.15) is 0 Å². The molecule has 8 rings (SSSR count). The van der Waals surface area contributed by atoms with E-state index in [-0.39, 0.29) is 5.41 Å². The summed E-state index contributed by atoms with van der Waals surface area (Å²) in [5.74, 6) is 0. The molecule has 0 radical (unpaired) electrons. The van der Waals surface area contributed by atoms with Crippen LogP contribution in [0.1, 0.15) is 26.3 Å². The number of hydrogen-bond acceptors (Lipinski definition) is 1. The van der Waals surface area contributed by atoms with Gasteiger partial charge in [-0.05, 0) is 71.9 Å². The molecule has 1 heteroatoms. The maximum atomic E-state index is 2.43. The summed E-state index contributed by atoms with van der Waals surface area (Å²) in [6.07, 6.45) is 0. The Morgan fingerprint density at radius 3 is 1.69 bits per heavy atom. The summed E-state index contributed by atoms with van der Waals surface area (Å²) in [4.78, 5) is 0. The third kappa shape index (κ3) is 3.23. The van der Waals surface area contributed by atoms with Crippen LogP contribution in [0.4, 0.5) is 0 Å². The minimum atomic E-state index is 0.0203. The van der Waals surface area contributed by atoms with Crippen LogP contribution in [0.5, 0.6) is 0 Å². The molecule has 0 aliphatic heterocycles. The fourth-order valence-corrected chi connectivity index (χ4v) is 8.06. The van der Waals surface area contributed by atoms with Gasteiger partial charge in [0, 0.05) is 25.6 Å². The molecule has 0 aliphatic carbocycles. The van der Waals surface area contributed by atoms with Crippen LogP contribution in [0.25, 0.3) is 74.4 Å². The maximum Gasteiger partial charge on any atom is 0.0440 e. The van der Waals surface area contributed by atoms with Crippen LogP contribution in [-0.2, 0) is 5.41 Å². The molecule has 39 heavy (non-hydrogen) atoms. The van der Waals surface area contributed by atoms with E-state index in [0.29, 0.717) is 0 Å². The highest BCUT2D eigenvalue weighted by Crippen LogP contribution is 2.48. The van der Waals surface area contributed by atoms with Gasteiger partial charge in [0.25, 0.3) is 0 Å². The lowest BCUT2D eigenvalue weighted by atomic mass is 9.77. The summed E-state index contributed by atoms with van der Waals surface area (Å²) >= 11 is 1.92. The molecule has 186 valence electrons. The molecule has 0 saturated heterocycles. The number of fused-ring (bicyclic) bond motifs is 9. The highest BCUT2D eigenvalue weighted by atomic mass is 32.1. The van der Waals surface area contributed by atoms with Gasteiger partial charge in [0.2, 0.25) is 0 Å². The van der Waals surface area contributed by atoms with Gasteiger partial charge in [0.15, 0.2) is 0 Å². The summed E-state index contributed by atoms with van der Waals surface area (Å²) in [5.41, 5.74) is 4.10. The molecule has 1 aromatic heterocycles. The number of hydrogen-bond donors (Lipinski definition) is 0. The minimum Gasteiger partial charge on any atom is -0.135 e.